The van der Waals surface area contributed by atoms with Crippen molar-refractivity contribution in [3.8, 4) is 0 Å². The fraction of sp³-hybridized carbons (Fsp3) is 0.314. The number of nitrogens with one attached hydrogen (secondary N) is 2. The Morgan fingerprint density at radius 1 is 0.692 bits per heavy atom. The van der Waals surface area contributed by atoms with E-state index in [1.807, 2.05) is 86.9 Å². The van der Waals surface area contributed by atoms with Crippen molar-refractivity contribution in [1.82, 2.24) is 10.6 Å². The number of carbonyl (C=O) groups is 6. The van der Waals surface area contributed by atoms with Crippen molar-refractivity contribution in [1.29, 1.82) is 0 Å². The van der Waals surface area contributed by atoms with E-state index in [0.29, 0.717) is 22.2 Å². The van der Waals surface area contributed by atoms with E-state index in [1.165, 1.54) is 12.1 Å². The van der Waals surface area contributed by atoms with Crippen LogP contribution in [-0.2, 0) is 59.1 Å². The van der Waals surface area contributed by atoms with Crippen LogP contribution in [0, 0.1) is 0 Å². The Morgan fingerprint density at radius 3 is 1.81 bits per heavy atom. The van der Waals surface area contributed by atoms with Crippen LogP contribution < -0.4 is 298 Å². The van der Waals surface area contributed by atoms with Crippen molar-refractivity contribution in [2.75, 3.05) is 18.0 Å². The molecule has 2 N–H and O–H groups in total. The first-order valence-corrected chi connectivity index (χ1v) is 24.9. The maximum absolute atomic E-state index is 12.8. The van der Waals surface area contributed by atoms with E-state index in [1.54, 1.807) is 36.4 Å². The number of anilines is 1. The zero-order valence-corrected chi connectivity index (χ0v) is 62.1. The van der Waals surface area contributed by atoms with Crippen LogP contribution in [0.5, 0.6) is 0 Å². The standard InChI is InChI=1S/C51H54N4O16S2.5K/c1-50(2)40(54(24-10-14-42(56)52-36(48(62)63)28-44(58)59)38-22-16-30-26-32(72-71-70-66)18-20-34(30)46(38)50)12-8-6-5-7-9-13-41-51(3,4)47-35-21-19-33(73(67,68)69)27-31(35)17-23-39(47)55(41)25-11-15-43(57)53-37(49(64)65)29-45(60)61;;;;;/h5-9,12-13,16-23,26-27,36-37H,10-11,14-15,24-25,28-29H2,1-4H3,(H7-,52,53,56,57,58,59,60,61,62,63,64,65,66,67,68,69);;;;;/q;5*+1/p-5. The molecule has 0 radical (unpaired) electrons. The molecule has 2 unspecified atom stereocenters. The van der Waals surface area contributed by atoms with Crippen molar-refractivity contribution < 1.29 is 338 Å². The van der Waals surface area contributed by atoms with Crippen LogP contribution in [-0.4, -0.2) is 84.1 Å². The Kier molecular flexibility index (Phi) is 34.5. The number of hydrogen-bond donors (Lipinski definition) is 2. The maximum Gasteiger partial charge on any atom is 1.00 e. The van der Waals surface area contributed by atoms with Gasteiger partial charge in [-0.2, -0.15) is 8.91 Å². The number of rotatable bonds is 24. The van der Waals surface area contributed by atoms with Gasteiger partial charge in [-0.1, -0.05) is 62.4 Å². The van der Waals surface area contributed by atoms with E-state index in [-0.39, 0.29) is 294 Å². The zero-order chi connectivity index (χ0) is 53.4. The molecule has 4 aromatic rings. The third kappa shape index (κ3) is 20.0. The summed E-state index contributed by atoms with van der Waals surface area (Å²) in [5, 5.41) is 66.3. The number of amides is 2. The van der Waals surface area contributed by atoms with Gasteiger partial charge in [-0.3, -0.25) is 14.6 Å². The van der Waals surface area contributed by atoms with E-state index < -0.39 is 81.6 Å². The number of hydrogen-bond acceptors (Lipinski definition) is 18. The zero-order valence-electron chi connectivity index (χ0n) is 44.9. The third-order valence-electron chi connectivity index (χ3n) is 12.6. The molecular formula is C51H49K5N4O16S2. The molecule has 0 saturated carbocycles. The van der Waals surface area contributed by atoms with Gasteiger partial charge in [0.15, 0.2) is 5.71 Å². The Bertz CT molecular complexity index is 3170. The number of nitrogens with zero attached hydrogens (tertiary/aromatic N) is 2. The van der Waals surface area contributed by atoms with Gasteiger partial charge in [0, 0.05) is 90.0 Å². The molecule has 2 heterocycles. The summed E-state index contributed by atoms with van der Waals surface area (Å²) in [5.41, 5.74) is 3.68. The second kappa shape index (κ2) is 34.9. The van der Waals surface area contributed by atoms with Crippen LogP contribution in [0.1, 0.15) is 77.3 Å². The number of carboxylic acid groups (broad SMARTS) is 4. The molecule has 0 aliphatic carbocycles. The molecule has 27 heteroatoms. The third-order valence-corrected chi connectivity index (χ3v) is 14.0. The SMILES string of the molecule is CC1(C)C(/C=C/C=C/C=C/C=C2/N(CCCC(=O)NC(CC(=O)[O-])C(=O)[O-])c3ccc4cc(SOO[O-])ccc4c3C2(C)C)=[N+](CCCC(=O)NC(CC(=O)[O-])C(=O)[O-])c2ccc3cc(S(=O)(=O)[O-])ccc3c21.[K+].[K+].[K+].[K+].[K+]. The Labute approximate surface area is 668 Å². The number of carboxylic acids is 4. The van der Waals surface area contributed by atoms with Crippen molar-refractivity contribution >= 4 is 96.5 Å². The van der Waals surface area contributed by atoms with Crippen LogP contribution >= 0.6 is 12.0 Å². The predicted octanol–water partition coefficient (Wildman–Crippen LogP) is -14.8. The van der Waals surface area contributed by atoms with E-state index in [0.717, 1.165) is 56.7 Å². The summed E-state index contributed by atoms with van der Waals surface area (Å²) in [5.74, 6) is -8.24. The molecular weight excluding hydrogens is 1180 g/mol. The summed E-state index contributed by atoms with van der Waals surface area (Å²) >= 11 is 0.758. The molecule has 0 fully saturated rings. The fourth-order valence-electron chi connectivity index (χ4n) is 9.42. The molecule has 2 amide bonds. The molecule has 4 aromatic carbocycles. The molecule has 78 heavy (non-hydrogen) atoms. The normalized spacial score (nSPS) is 15.4. The smallest absolute Gasteiger partial charge is 0.744 e. The average molecular weight is 1230 g/mol. The number of aliphatic carboxylic acids is 4. The Morgan fingerprint density at radius 2 is 1.23 bits per heavy atom. The van der Waals surface area contributed by atoms with Gasteiger partial charge < -0.3 is 64.9 Å². The number of benzene rings is 4. The van der Waals surface area contributed by atoms with Crippen LogP contribution in [0.4, 0.5) is 11.4 Å². The van der Waals surface area contributed by atoms with Gasteiger partial charge in [0.25, 0.3) is 0 Å². The summed E-state index contributed by atoms with van der Waals surface area (Å²) in [6, 6.07) is 13.5. The number of fused-ring (bicyclic) bond motifs is 6. The quantitative estimate of drug-likeness (QED) is 0.0125. The minimum Gasteiger partial charge on any atom is -0.744 e. The molecule has 0 saturated heterocycles. The summed E-state index contributed by atoms with van der Waals surface area (Å²) in [7, 11) is -4.75. The summed E-state index contributed by atoms with van der Waals surface area (Å²) in [6.45, 7) is 8.58. The van der Waals surface area contributed by atoms with Gasteiger partial charge in [0.1, 0.15) is 16.7 Å². The number of allylic oxidation sites excluding steroid dienone is 8. The Balaban J connectivity index is 0.00000608. The van der Waals surface area contributed by atoms with E-state index >= 15 is 0 Å². The topological polar surface area (TPSA) is 324 Å². The fourth-order valence-corrected chi connectivity index (χ4v) is 10.3. The maximum atomic E-state index is 12.8. The molecule has 2 atom stereocenters. The molecule has 0 bridgehead atoms. The summed E-state index contributed by atoms with van der Waals surface area (Å²) < 4.78 is 42.2. The molecule has 6 rings (SSSR count). The van der Waals surface area contributed by atoms with E-state index in [4.69, 9.17) is 0 Å². The summed E-state index contributed by atoms with van der Waals surface area (Å²) in [4.78, 5) is 72.8. The summed E-state index contributed by atoms with van der Waals surface area (Å²) in [6.07, 6.45) is 11.1. The molecule has 386 valence electrons. The van der Waals surface area contributed by atoms with Crippen LogP contribution in [0.3, 0.4) is 0 Å². The van der Waals surface area contributed by atoms with Crippen LogP contribution in [0.25, 0.3) is 21.5 Å². The van der Waals surface area contributed by atoms with E-state index in [2.05, 4.69) is 24.9 Å². The van der Waals surface area contributed by atoms with E-state index in [9.17, 15) is 67.4 Å². The van der Waals surface area contributed by atoms with Crippen molar-refractivity contribution in [3.05, 3.63) is 120 Å². The van der Waals surface area contributed by atoms with Crippen molar-refractivity contribution in [2.24, 2.45) is 0 Å². The largest absolute Gasteiger partial charge is 1.00 e. The monoisotopic (exact) mass is 1230 g/mol. The van der Waals surface area contributed by atoms with Gasteiger partial charge in [0.05, 0.1) is 46.4 Å². The van der Waals surface area contributed by atoms with Gasteiger partial charge in [0.2, 0.25) is 17.5 Å². The first-order valence-electron chi connectivity index (χ1n) is 22.7. The van der Waals surface area contributed by atoms with Crippen LogP contribution in [0.15, 0.2) is 119 Å². The molecule has 0 spiro atoms. The second-order valence-electron chi connectivity index (χ2n) is 18.2. The molecule has 2 aliphatic rings. The second-order valence-corrected chi connectivity index (χ2v) is 20.4. The Hall–Kier alpha value is 0.972. The average Bonchev–Trinajstić information content (AvgIpc) is 3.66. The molecule has 20 nitrogen and oxygen atoms in total. The minimum atomic E-state index is -4.75. The first kappa shape index (κ1) is 77.0. The number of carbonyl (C=O) groups excluding carboxylic acids is 6. The molecule has 2 aliphatic heterocycles. The molecule has 0 aromatic heterocycles. The predicted molar refractivity (Wildman–Crippen MR) is 254 cm³/mol. The van der Waals surface area contributed by atoms with Gasteiger partial charge >= 0.3 is 257 Å². The first-order chi connectivity index (χ1) is 34.4. The van der Waals surface area contributed by atoms with Crippen molar-refractivity contribution in [3.63, 3.8) is 0 Å². The van der Waals surface area contributed by atoms with Crippen molar-refractivity contribution in [2.45, 2.75) is 98.9 Å². The minimum absolute atomic E-state index is 0. The van der Waals surface area contributed by atoms with Crippen LogP contribution in [0.2, 0.25) is 0 Å². The van der Waals surface area contributed by atoms with Gasteiger partial charge in [-0.25, -0.2) is 8.42 Å². The van der Waals surface area contributed by atoms with Gasteiger partial charge in [-0.15, -0.1) is 0 Å². The van der Waals surface area contributed by atoms with Gasteiger partial charge in [-0.05, 0) is 89.9 Å².